The third-order valence-electron chi connectivity index (χ3n) is 3.14. The molecule has 0 unspecified atom stereocenters. The van der Waals surface area contributed by atoms with Crippen LogP contribution < -0.4 is 14.8 Å². The second kappa shape index (κ2) is 8.06. The van der Waals surface area contributed by atoms with Crippen molar-refractivity contribution >= 4 is 0 Å². The van der Waals surface area contributed by atoms with Crippen LogP contribution in [0.3, 0.4) is 0 Å². The summed E-state index contributed by atoms with van der Waals surface area (Å²) in [5.74, 6) is 0.0507. The number of benzene rings is 2. The van der Waals surface area contributed by atoms with Gasteiger partial charge in [-0.25, -0.2) is 0 Å². The van der Waals surface area contributed by atoms with E-state index in [2.05, 4.69) is 10.1 Å². The van der Waals surface area contributed by atoms with Crippen molar-refractivity contribution in [1.82, 2.24) is 5.32 Å². The zero-order valence-corrected chi connectivity index (χ0v) is 13.6. The van der Waals surface area contributed by atoms with Crippen LogP contribution in [-0.2, 0) is 13.2 Å². The summed E-state index contributed by atoms with van der Waals surface area (Å²) in [5.41, 5.74) is 1.59. The molecule has 0 aliphatic rings. The number of hydrogen-bond donors (Lipinski definition) is 1. The largest absolute Gasteiger partial charge is 0.573 e. The van der Waals surface area contributed by atoms with Crippen LogP contribution in [-0.4, -0.2) is 12.4 Å². The highest BCUT2D eigenvalue weighted by atomic mass is 19.4. The van der Waals surface area contributed by atoms with Crippen molar-refractivity contribution in [3.8, 4) is 11.5 Å². The molecule has 130 valence electrons. The van der Waals surface area contributed by atoms with Crippen molar-refractivity contribution in [2.45, 2.75) is 39.4 Å². The van der Waals surface area contributed by atoms with Crippen molar-refractivity contribution in [2.75, 3.05) is 0 Å². The van der Waals surface area contributed by atoms with E-state index in [4.69, 9.17) is 4.74 Å². The zero-order valence-electron chi connectivity index (χ0n) is 13.6. The summed E-state index contributed by atoms with van der Waals surface area (Å²) in [4.78, 5) is 0. The van der Waals surface area contributed by atoms with Gasteiger partial charge in [-0.15, -0.1) is 13.2 Å². The summed E-state index contributed by atoms with van der Waals surface area (Å²) in [7, 11) is 0. The van der Waals surface area contributed by atoms with Gasteiger partial charge in [0.1, 0.15) is 18.1 Å². The molecular formula is C18H20F3NO2. The summed E-state index contributed by atoms with van der Waals surface area (Å²) in [5, 5.41) is 3.16. The highest BCUT2D eigenvalue weighted by molar-refractivity contribution is 5.38. The minimum absolute atomic E-state index is 0.214. The minimum Gasteiger partial charge on any atom is -0.489 e. The fourth-order valence-corrected chi connectivity index (χ4v) is 2.07. The molecule has 0 saturated heterocycles. The fourth-order valence-electron chi connectivity index (χ4n) is 2.07. The Labute approximate surface area is 139 Å². The first-order chi connectivity index (χ1) is 11.3. The average Bonchev–Trinajstić information content (AvgIpc) is 2.50. The lowest BCUT2D eigenvalue weighted by Gasteiger charge is -2.15. The second-order valence-electron chi connectivity index (χ2n) is 5.67. The standard InChI is InChI=1S/C18H20F3NO2/c1-13(2)22-11-15-8-16(10-17(9-15)24-18(19,20)21)23-12-14-6-4-3-5-7-14/h3-10,13,22H,11-12H2,1-2H3. The lowest BCUT2D eigenvalue weighted by atomic mass is 10.2. The number of alkyl halides is 3. The van der Waals surface area contributed by atoms with E-state index in [0.717, 1.165) is 5.56 Å². The third kappa shape index (κ3) is 6.50. The van der Waals surface area contributed by atoms with E-state index >= 15 is 0 Å². The van der Waals surface area contributed by atoms with Gasteiger partial charge in [0.25, 0.3) is 0 Å². The molecule has 0 bridgehead atoms. The maximum Gasteiger partial charge on any atom is 0.573 e. The van der Waals surface area contributed by atoms with Crippen LogP contribution in [0.2, 0.25) is 0 Å². The first kappa shape index (κ1) is 18.1. The molecular weight excluding hydrogens is 319 g/mol. The van der Waals surface area contributed by atoms with Gasteiger partial charge in [-0.05, 0) is 23.3 Å². The van der Waals surface area contributed by atoms with Crippen LogP contribution in [0.15, 0.2) is 48.5 Å². The average molecular weight is 339 g/mol. The summed E-state index contributed by atoms with van der Waals surface area (Å²) in [6.45, 7) is 4.62. The van der Waals surface area contributed by atoms with Crippen molar-refractivity contribution in [3.63, 3.8) is 0 Å². The quantitative estimate of drug-likeness (QED) is 0.796. The minimum atomic E-state index is -4.74. The Morgan fingerprint density at radius 2 is 1.62 bits per heavy atom. The van der Waals surface area contributed by atoms with Gasteiger partial charge in [0.05, 0.1) is 0 Å². The Morgan fingerprint density at radius 3 is 2.25 bits per heavy atom. The van der Waals surface area contributed by atoms with Crippen molar-refractivity contribution < 1.29 is 22.6 Å². The second-order valence-corrected chi connectivity index (χ2v) is 5.67. The molecule has 3 nitrogen and oxygen atoms in total. The number of hydrogen-bond acceptors (Lipinski definition) is 3. The molecule has 0 atom stereocenters. The summed E-state index contributed by atoms with van der Waals surface area (Å²) in [6, 6.07) is 13.9. The molecule has 2 rings (SSSR count). The van der Waals surface area contributed by atoms with Gasteiger partial charge in [-0.2, -0.15) is 0 Å². The predicted molar refractivity (Wildman–Crippen MR) is 85.9 cm³/mol. The Balaban J connectivity index is 2.14. The molecule has 0 aliphatic heterocycles. The smallest absolute Gasteiger partial charge is 0.489 e. The lowest BCUT2D eigenvalue weighted by Crippen LogP contribution is -2.22. The fraction of sp³-hybridized carbons (Fsp3) is 0.333. The predicted octanol–water partition coefficient (Wildman–Crippen LogP) is 4.66. The molecule has 0 radical (unpaired) electrons. The summed E-state index contributed by atoms with van der Waals surface area (Å²) >= 11 is 0. The van der Waals surface area contributed by atoms with Gasteiger partial charge < -0.3 is 14.8 Å². The van der Waals surface area contributed by atoms with E-state index in [-0.39, 0.29) is 18.4 Å². The summed E-state index contributed by atoms with van der Waals surface area (Å²) < 4.78 is 47.1. The maximum absolute atomic E-state index is 12.5. The van der Waals surface area contributed by atoms with E-state index in [1.807, 2.05) is 44.2 Å². The van der Waals surface area contributed by atoms with Gasteiger partial charge in [-0.1, -0.05) is 44.2 Å². The monoisotopic (exact) mass is 339 g/mol. The number of nitrogens with one attached hydrogen (secondary N) is 1. The molecule has 0 fully saturated rings. The van der Waals surface area contributed by atoms with Crippen LogP contribution in [0.25, 0.3) is 0 Å². The Kier molecular flexibility index (Phi) is 6.09. The van der Waals surface area contributed by atoms with Gasteiger partial charge in [0.2, 0.25) is 0 Å². The highest BCUT2D eigenvalue weighted by Crippen LogP contribution is 2.28. The molecule has 0 amide bonds. The van der Waals surface area contributed by atoms with Gasteiger partial charge >= 0.3 is 6.36 Å². The molecule has 0 spiro atoms. The summed E-state index contributed by atoms with van der Waals surface area (Å²) in [6.07, 6.45) is -4.74. The molecule has 6 heteroatoms. The van der Waals surface area contributed by atoms with E-state index in [1.54, 1.807) is 6.07 Å². The Hall–Kier alpha value is -2.21. The van der Waals surface area contributed by atoms with Crippen molar-refractivity contribution in [1.29, 1.82) is 0 Å². The maximum atomic E-state index is 12.5. The van der Waals surface area contributed by atoms with Crippen LogP contribution in [0.5, 0.6) is 11.5 Å². The third-order valence-corrected chi connectivity index (χ3v) is 3.14. The van der Waals surface area contributed by atoms with Crippen LogP contribution in [0, 0.1) is 0 Å². The molecule has 0 saturated carbocycles. The van der Waals surface area contributed by atoms with E-state index in [0.29, 0.717) is 17.9 Å². The SMILES string of the molecule is CC(C)NCc1cc(OCc2ccccc2)cc(OC(F)(F)F)c1. The van der Waals surface area contributed by atoms with Crippen LogP contribution in [0.1, 0.15) is 25.0 Å². The molecule has 24 heavy (non-hydrogen) atoms. The van der Waals surface area contributed by atoms with Gasteiger partial charge in [-0.3, -0.25) is 0 Å². The molecule has 0 heterocycles. The van der Waals surface area contributed by atoms with E-state index in [1.165, 1.54) is 12.1 Å². The van der Waals surface area contributed by atoms with E-state index < -0.39 is 6.36 Å². The zero-order chi connectivity index (χ0) is 17.6. The molecule has 0 aliphatic carbocycles. The Morgan fingerprint density at radius 1 is 0.958 bits per heavy atom. The van der Waals surface area contributed by atoms with E-state index in [9.17, 15) is 13.2 Å². The number of ether oxygens (including phenoxy) is 2. The van der Waals surface area contributed by atoms with Gasteiger partial charge in [0, 0.05) is 18.7 Å². The van der Waals surface area contributed by atoms with Gasteiger partial charge in [0.15, 0.2) is 0 Å². The Bertz CT molecular complexity index is 642. The normalized spacial score (nSPS) is 11.6. The number of halogens is 3. The first-order valence-electron chi connectivity index (χ1n) is 7.61. The topological polar surface area (TPSA) is 30.5 Å². The molecule has 0 aromatic heterocycles. The van der Waals surface area contributed by atoms with Crippen molar-refractivity contribution in [3.05, 3.63) is 59.7 Å². The first-order valence-corrected chi connectivity index (χ1v) is 7.61. The van der Waals surface area contributed by atoms with Crippen LogP contribution >= 0.6 is 0 Å². The molecule has 2 aromatic carbocycles. The lowest BCUT2D eigenvalue weighted by molar-refractivity contribution is -0.274. The van der Waals surface area contributed by atoms with Crippen molar-refractivity contribution in [2.24, 2.45) is 0 Å². The van der Waals surface area contributed by atoms with Crippen LogP contribution in [0.4, 0.5) is 13.2 Å². The molecule has 1 N–H and O–H groups in total. The molecule has 2 aromatic rings. The number of rotatable bonds is 7. The highest BCUT2D eigenvalue weighted by Gasteiger charge is 2.31.